The van der Waals surface area contributed by atoms with E-state index in [1.54, 1.807) is 0 Å². The maximum Gasteiger partial charge on any atom is 0.0852 e. The van der Waals surface area contributed by atoms with E-state index in [0.29, 0.717) is 6.04 Å². The topological polar surface area (TPSA) is 56.1 Å². The molecule has 0 fully saturated rings. The van der Waals surface area contributed by atoms with Gasteiger partial charge in [-0.3, -0.25) is 0 Å². The van der Waals surface area contributed by atoms with E-state index in [1.807, 2.05) is 25.1 Å². The molecule has 3 heteroatoms. The molecule has 0 saturated heterocycles. The third-order valence-electron chi connectivity index (χ3n) is 2.10. The van der Waals surface area contributed by atoms with Crippen molar-refractivity contribution in [3.8, 4) is 0 Å². The number of nitrogens with one attached hydrogen (secondary N) is 2. The van der Waals surface area contributed by atoms with Gasteiger partial charge in [-0.2, -0.15) is 0 Å². The Kier molecular flexibility index (Phi) is 3.86. The lowest BCUT2D eigenvalue weighted by Crippen LogP contribution is -2.15. The van der Waals surface area contributed by atoms with E-state index < -0.39 is 0 Å². The maximum atomic E-state index is 8.96. The van der Waals surface area contributed by atoms with Crippen molar-refractivity contribution in [1.82, 2.24) is 0 Å². The van der Waals surface area contributed by atoms with Crippen molar-refractivity contribution < 1.29 is 5.11 Å². The van der Waals surface area contributed by atoms with Crippen LogP contribution in [0.5, 0.6) is 0 Å². The zero-order chi connectivity index (χ0) is 11.4. The number of anilines is 1. The first-order chi connectivity index (χ1) is 7.04. The van der Waals surface area contributed by atoms with Crippen molar-refractivity contribution in [3.63, 3.8) is 0 Å². The lowest BCUT2D eigenvalue weighted by molar-refractivity contribution is 0.357. The molecular formula is C12H18N2O. The van der Waals surface area contributed by atoms with Crippen molar-refractivity contribution >= 4 is 11.4 Å². The minimum atomic E-state index is -0.226. The molecular weight excluding hydrogens is 188 g/mol. The molecule has 0 aliphatic carbocycles. The Bertz CT molecular complexity index is 359. The molecule has 0 aliphatic rings. The van der Waals surface area contributed by atoms with Crippen LogP contribution in [0.3, 0.4) is 0 Å². The third kappa shape index (κ3) is 3.06. The molecule has 0 heterocycles. The van der Waals surface area contributed by atoms with Crippen LogP contribution < -0.4 is 5.32 Å². The van der Waals surface area contributed by atoms with Gasteiger partial charge in [-0.05, 0) is 32.4 Å². The first-order valence-corrected chi connectivity index (χ1v) is 5.10. The summed E-state index contributed by atoms with van der Waals surface area (Å²) in [6.45, 7) is 5.89. The number of aliphatic hydroxyl groups excluding tert-OH is 1. The van der Waals surface area contributed by atoms with Crippen LogP contribution in [0.2, 0.25) is 0 Å². The van der Waals surface area contributed by atoms with E-state index in [2.05, 4.69) is 19.2 Å². The van der Waals surface area contributed by atoms with E-state index in [0.717, 1.165) is 16.8 Å². The highest BCUT2D eigenvalue weighted by Crippen LogP contribution is 2.18. The third-order valence-corrected chi connectivity index (χ3v) is 2.10. The summed E-state index contributed by atoms with van der Waals surface area (Å²) in [7, 11) is 0. The van der Waals surface area contributed by atoms with Gasteiger partial charge in [0.15, 0.2) is 0 Å². The lowest BCUT2D eigenvalue weighted by atomic mass is 10.1. The number of aliphatic hydroxyl groups is 1. The smallest absolute Gasteiger partial charge is 0.0852 e. The van der Waals surface area contributed by atoms with Crippen LogP contribution in [-0.2, 0) is 0 Å². The molecule has 3 N–H and O–H groups in total. The van der Waals surface area contributed by atoms with Crippen LogP contribution in [0.25, 0.3) is 0 Å². The standard InChI is InChI=1S/C12H18N2O/c1-8(2)14-12-6-9(3)4-5-10(12)11(13)7-15/h4-6,8,13-15H,7H2,1-3H3. The molecule has 3 nitrogen and oxygen atoms in total. The second-order valence-corrected chi connectivity index (χ2v) is 3.98. The summed E-state index contributed by atoms with van der Waals surface area (Å²) in [6.07, 6.45) is 0. The SMILES string of the molecule is Cc1ccc(C(=N)CO)c(NC(C)C)c1. The molecule has 0 spiro atoms. The van der Waals surface area contributed by atoms with Gasteiger partial charge in [0.2, 0.25) is 0 Å². The molecule has 0 amide bonds. The number of hydrogen-bond donors (Lipinski definition) is 3. The number of rotatable bonds is 4. The Balaban J connectivity index is 3.08. The first kappa shape index (κ1) is 11.7. The van der Waals surface area contributed by atoms with Gasteiger partial charge in [0.1, 0.15) is 0 Å². The number of benzene rings is 1. The van der Waals surface area contributed by atoms with Crippen LogP contribution >= 0.6 is 0 Å². The molecule has 1 aromatic rings. The van der Waals surface area contributed by atoms with Gasteiger partial charge in [-0.25, -0.2) is 0 Å². The molecule has 0 aliphatic heterocycles. The van der Waals surface area contributed by atoms with Gasteiger partial charge in [-0.1, -0.05) is 12.1 Å². The minimum absolute atomic E-state index is 0.226. The zero-order valence-electron chi connectivity index (χ0n) is 9.46. The molecule has 0 aromatic heterocycles. The quantitative estimate of drug-likeness (QED) is 0.661. The Morgan fingerprint density at radius 3 is 2.67 bits per heavy atom. The highest BCUT2D eigenvalue weighted by molar-refractivity contribution is 6.03. The van der Waals surface area contributed by atoms with Crippen molar-refractivity contribution in [2.75, 3.05) is 11.9 Å². The Morgan fingerprint density at radius 2 is 2.13 bits per heavy atom. The van der Waals surface area contributed by atoms with Crippen molar-refractivity contribution in [3.05, 3.63) is 29.3 Å². The summed E-state index contributed by atoms with van der Waals surface area (Å²) in [5, 5.41) is 19.9. The van der Waals surface area contributed by atoms with E-state index in [-0.39, 0.29) is 12.3 Å². The summed E-state index contributed by atoms with van der Waals surface area (Å²) in [5.74, 6) is 0. The maximum absolute atomic E-state index is 8.96. The van der Waals surface area contributed by atoms with Crippen LogP contribution in [-0.4, -0.2) is 23.5 Å². The van der Waals surface area contributed by atoms with Gasteiger partial charge in [0.05, 0.1) is 12.3 Å². The summed E-state index contributed by atoms with van der Waals surface area (Å²) in [4.78, 5) is 0. The fraction of sp³-hybridized carbons (Fsp3) is 0.417. The highest BCUT2D eigenvalue weighted by atomic mass is 16.3. The molecule has 0 saturated carbocycles. The van der Waals surface area contributed by atoms with E-state index >= 15 is 0 Å². The second-order valence-electron chi connectivity index (χ2n) is 3.98. The van der Waals surface area contributed by atoms with Crippen LogP contribution in [0.4, 0.5) is 5.69 Å². The van der Waals surface area contributed by atoms with Gasteiger partial charge in [0.25, 0.3) is 0 Å². The Hall–Kier alpha value is -1.35. The molecule has 1 aromatic carbocycles. The molecule has 0 radical (unpaired) electrons. The van der Waals surface area contributed by atoms with Crippen molar-refractivity contribution in [2.45, 2.75) is 26.8 Å². The molecule has 0 unspecified atom stereocenters. The van der Waals surface area contributed by atoms with Crippen molar-refractivity contribution in [1.29, 1.82) is 5.41 Å². The van der Waals surface area contributed by atoms with Gasteiger partial charge in [-0.15, -0.1) is 0 Å². The highest BCUT2D eigenvalue weighted by Gasteiger charge is 2.07. The number of aryl methyl sites for hydroxylation is 1. The molecule has 0 bridgehead atoms. The van der Waals surface area contributed by atoms with Crippen LogP contribution in [0, 0.1) is 12.3 Å². The Labute approximate surface area is 90.7 Å². The molecule has 1 rings (SSSR count). The molecule has 15 heavy (non-hydrogen) atoms. The Morgan fingerprint density at radius 1 is 1.47 bits per heavy atom. The summed E-state index contributed by atoms with van der Waals surface area (Å²) in [5.41, 5.74) is 3.09. The fourth-order valence-electron chi connectivity index (χ4n) is 1.44. The van der Waals surface area contributed by atoms with E-state index in [4.69, 9.17) is 10.5 Å². The van der Waals surface area contributed by atoms with E-state index in [9.17, 15) is 0 Å². The van der Waals surface area contributed by atoms with Gasteiger partial charge in [0, 0.05) is 17.3 Å². The van der Waals surface area contributed by atoms with Crippen molar-refractivity contribution in [2.24, 2.45) is 0 Å². The molecule has 0 atom stereocenters. The fourth-order valence-corrected chi connectivity index (χ4v) is 1.44. The first-order valence-electron chi connectivity index (χ1n) is 5.10. The molecule has 82 valence electrons. The summed E-state index contributed by atoms with van der Waals surface area (Å²) < 4.78 is 0. The number of hydrogen-bond acceptors (Lipinski definition) is 3. The largest absolute Gasteiger partial charge is 0.390 e. The minimum Gasteiger partial charge on any atom is -0.390 e. The predicted molar refractivity (Wildman–Crippen MR) is 63.9 cm³/mol. The summed E-state index contributed by atoms with van der Waals surface area (Å²) in [6, 6.07) is 6.14. The second kappa shape index (κ2) is 4.94. The summed E-state index contributed by atoms with van der Waals surface area (Å²) >= 11 is 0. The monoisotopic (exact) mass is 206 g/mol. The van der Waals surface area contributed by atoms with Crippen LogP contribution in [0.1, 0.15) is 25.0 Å². The lowest BCUT2D eigenvalue weighted by Gasteiger charge is -2.15. The zero-order valence-corrected chi connectivity index (χ0v) is 9.46. The predicted octanol–water partition coefficient (Wildman–Crippen LogP) is 2.18. The van der Waals surface area contributed by atoms with Gasteiger partial charge >= 0.3 is 0 Å². The van der Waals surface area contributed by atoms with Crippen LogP contribution in [0.15, 0.2) is 18.2 Å². The average Bonchev–Trinajstić information content (AvgIpc) is 2.16. The average molecular weight is 206 g/mol. The van der Waals surface area contributed by atoms with Gasteiger partial charge < -0.3 is 15.8 Å². The van der Waals surface area contributed by atoms with E-state index in [1.165, 1.54) is 0 Å². The normalized spacial score (nSPS) is 10.5.